The first-order valence-corrected chi connectivity index (χ1v) is 7.93. The fourth-order valence-electron chi connectivity index (χ4n) is 3.33. The van der Waals surface area contributed by atoms with Crippen molar-refractivity contribution in [1.29, 1.82) is 0 Å². The van der Waals surface area contributed by atoms with Gasteiger partial charge in [0.25, 0.3) is 0 Å². The molecule has 0 spiro atoms. The van der Waals surface area contributed by atoms with E-state index in [2.05, 4.69) is 36.1 Å². The van der Waals surface area contributed by atoms with E-state index in [1.807, 2.05) is 4.90 Å². The van der Waals surface area contributed by atoms with Crippen LogP contribution in [-0.4, -0.2) is 55.1 Å². The topological polar surface area (TPSA) is 32.8 Å². The first-order valence-electron chi connectivity index (χ1n) is 7.93. The normalized spacial score (nSPS) is 22.9. The molecule has 0 aromatic heterocycles. The maximum absolute atomic E-state index is 12.5. The molecular weight excluding hydrogens is 264 g/mol. The molecule has 3 rings (SSSR count). The maximum atomic E-state index is 12.5. The Hall–Kier alpha value is -1.39. The number of hydrogen-bond donors (Lipinski definition) is 0. The van der Waals surface area contributed by atoms with Gasteiger partial charge in [-0.2, -0.15) is 0 Å². The van der Waals surface area contributed by atoms with Crippen LogP contribution in [0, 0.1) is 0 Å². The van der Waals surface area contributed by atoms with Gasteiger partial charge in [0.05, 0.1) is 19.3 Å². The summed E-state index contributed by atoms with van der Waals surface area (Å²) in [5.74, 6) is 0.281. The van der Waals surface area contributed by atoms with Gasteiger partial charge in [-0.05, 0) is 24.5 Å². The highest BCUT2D eigenvalue weighted by Crippen LogP contribution is 2.29. The summed E-state index contributed by atoms with van der Waals surface area (Å²) in [5, 5.41) is 0. The van der Waals surface area contributed by atoms with Crippen LogP contribution in [0.4, 0.5) is 0 Å². The molecule has 1 fully saturated rings. The van der Waals surface area contributed by atoms with E-state index < -0.39 is 0 Å². The second-order valence-electron chi connectivity index (χ2n) is 5.92. The fourth-order valence-corrected chi connectivity index (χ4v) is 3.33. The molecular formula is C17H24N2O2. The molecule has 4 nitrogen and oxygen atoms in total. The third kappa shape index (κ3) is 3.27. The summed E-state index contributed by atoms with van der Waals surface area (Å²) in [7, 11) is 0. The first kappa shape index (κ1) is 14.5. The predicted molar refractivity (Wildman–Crippen MR) is 82.2 cm³/mol. The molecule has 1 saturated heterocycles. The molecule has 1 unspecified atom stereocenters. The molecule has 1 amide bonds. The number of amides is 1. The van der Waals surface area contributed by atoms with Crippen LogP contribution in [0.25, 0.3) is 0 Å². The molecule has 21 heavy (non-hydrogen) atoms. The Kier molecular flexibility index (Phi) is 4.56. The molecule has 0 bridgehead atoms. The minimum absolute atomic E-state index is 0.201. The van der Waals surface area contributed by atoms with Gasteiger partial charge in [-0.15, -0.1) is 0 Å². The lowest BCUT2D eigenvalue weighted by atomic mass is 9.93. The quantitative estimate of drug-likeness (QED) is 0.851. The maximum Gasteiger partial charge on any atom is 0.224 e. The van der Waals surface area contributed by atoms with Gasteiger partial charge >= 0.3 is 0 Å². The van der Waals surface area contributed by atoms with E-state index >= 15 is 0 Å². The lowest BCUT2D eigenvalue weighted by Gasteiger charge is -2.36. The number of ether oxygens (including phenoxy) is 1. The summed E-state index contributed by atoms with van der Waals surface area (Å²) < 4.78 is 5.34. The van der Waals surface area contributed by atoms with Crippen molar-refractivity contribution in [2.75, 3.05) is 39.4 Å². The standard InChI is InChI=1S/C17H24N2O2/c1-14-16-5-3-2-4-15(16)6-9-19(14)17(20)7-8-18-10-12-21-13-11-18/h2-5,14H,6-13H2,1H3. The largest absolute Gasteiger partial charge is 0.379 e. The van der Waals surface area contributed by atoms with Crippen molar-refractivity contribution in [3.05, 3.63) is 35.4 Å². The SMILES string of the molecule is CC1c2ccccc2CCN1C(=O)CCN1CCOCC1. The van der Waals surface area contributed by atoms with E-state index in [1.54, 1.807) is 0 Å². The van der Waals surface area contributed by atoms with Gasteiger partial charge in [-0.25, -0.2) is 0 Å². The van der Waals surface area contributed by atoms with Gasteiger partial charge in [-0.1, -0.05) is 24.3 Å². The molecule has 114 valence electrons. The number of rotatable bonds is 3. The van der Waals surface area contributed by atoms with Crippen molar-refractivity contribution in [2.45, 2.75) is 25.8 Å². The van der Waals surface area contributed by atoms with E-state index in [-0.39, 0.29) is 11.9 Å². The van der Waals surface area contributed by atoms with Gasteiger partial charge in [0, 0.05) is 32.6 Å². The van der Waals surface area contributed by atoms with Gasteiger partial charge in [0.1, 0.15) is 0 Å². The Morgan fingerprint density at radius 1 is 1.24 bits per heavy atom. The van der Waals surface area contributed by atoms with Crippen LogP contribution in [0.5, 0.6) is 0 Å². The highest BCUT2D eigenvalue weighted by atomic mass is 16.5. The lowest BCUT2D eigenvalue weighted by Crippen LogP contribution is -2.42. The Labute approximate surface area is 126 Å². The third-order valence-corrected chi connectivity index (χ3v) is 4.66. The first-order chi connectivity index (χ1) is 10.3. The molecule has 2 aliphatic heterocycles. The average Bonchev–Trinajstić information content (AvgIpc) is 2.54. The Balaban J connectivity index is 1.58. The minimum Gasteiger partial charge on any atom is -0.379 e. The fraction of sp³-hybridized carbons (Fsp3) is 0.588. The average molecular weight is 288 g/mol. The van der Waals surface area contributed by atoms with Crippen molar-refractivity contribution in [1.82, 2.24) is 9.80 Å². The summed E-state index contributed by atoms with van der Waals surface area (Å²) in [6.07, 6.45) is 1.59. The summed E-state index contributed by atoms with van der Waals surface area (Å²) in [5.41, 5.74) is 2.70. The summed E-state index contributed by atoms with van der Waals surface area (Å²) in [6.45, 7) is 7.33. The van der Waals surface area contributed by atoms with Crippen LogP contribution < -0.4 is 0 Å². The molecule has 0 aliphatic carbocycles. The highest BCUT2D eigenvalue weighted by molar-refractivity contribution is 5.77. The van der Waals surface area contributed by atoms with Crippen LogP contribution in [0.3, 0.4) is 0 Å². The second-order valence-corrected chi connectivity index (χ2v) is 5.92. The van der Waals surface area contributed by atoms with E-state index in [1.165, 1.54) is 11.1 Å². The lowest BCUT2D eigenvalue weighted by molar-refractivity contribution is -0.134. The number of hydrogen-bond acceptors (Lipinski definition) is 3. The molecule has 1 atom stereocenters. The van der Waals surface area contributed by atoms with E-state index in [4.69, 9.17) is 4.74 Å². The smallest absolute Gasteiger partial charge is 0.224 e. The summed E-state index contributed by atoms with van der Waals surface area (Å²) >= 11 is 0. The molecule has 0 N–H and O–H groups in total. The Morgan fingerprint density at radius 2 is 2.00 bits per heavy atom. The zero-order valence-corrected chi connectivity index (χ0v) is 12.8. The van der Waals surface area contributed by atoms with Crippen LogP contribution >= 0.6 is 0 Å². The van der Waals surface area contributed by atoms with E-state index in [0.29, 0.717) is 6.42 Å². The molecule has 2 aliphatic rings. The highest BCUT2D eigenvalue weighted by Gasteiger charge is 2.27. The van der Waals surface area contributed by atoms with Crippen molar-refractivity contribution < 1.29 is 9.53 Å². The third-order valence-electron chi connectivity index (χ3n) is 4.66. The molecule has 0 radical (unpaired) electrons. The molecule has 4 heteroatoms. The Bertz CT molecular complexity index is 497. The molecule has 2 heterocycles. The van der Waals surface area contributed by atoms with Crippen molar-refractivity contribution in [2.24, 2.45) is 0 Å². The van der Waals surface area contributed by atoms with E-state index in [9.17, 15) is 4.79 Å². The van der Waals surface area contributed by atoms with Gasteiger partial charge in [0.15, 0.2) is 0 Å². The van der Waals surface area contributed by atoms with Crippen LogP contribution in [-0.2, 0) is 16.0 Å². The molecule has 1 aromatic rings. The predicted octanol–water partition coefficient (Wildman–Crippen LogP) is 1.85. The summed E-state index contributed by atoms with van der Waals surface area (Å²) in [6, 6.07) is 8.69. The minimum atomic E-state index is 0.201. The van der Waals surface area contributed by atoms with Crippen molar-refractivity contribution >= 4 is 5.91 Å². The number of benzene rings is 1. The van der Waals surface area contributed by atoms with Crippen molar-refractivity contribution in [3.63, 3.8) is 0 Å². The van der Waals surface area contributed by atoms with Crippen molar-refractivity contribution in [3.8, 4) is 0 Å². The Morgan fingerprint density at radius 3 is 2.81 bits per heavy atom. The van der Waals surface area contributed by atoms with Crippen LogP contribution in [0.2, 0.25) is 0 Å². The number of fused-ring (bicyclic) bond motifs is 1. The van der Waals surface area contributed by atoms with Crippen LogP contribution in [0.1, 0.15) is 30.5 Å². The number of morpholine rings is 1. The van der Waals surface area contributed by atoms with Gasteiger partial charge in [-0.3, -0.25) is 9.69 Å². The number of nitrogens with zero attached hydrogens (tertiary/aromatic N) is 2. The second kappa shape index (κ2) is 6.58. The van der Waals surface area contributed by atoms with Gasteiger partial charge in [0.2, 0.25) is 5.91 Å². The van der Waals surface area contributed by atoms with Gasteiger partial charge < -0.3 is 9.64 Å². The zero-order chi connectivity index (χ0) is 14.7. The number of carbonyl (C=O) groups excluding carboxylic acids is 1. The monoisotopic (exact) mass is 288 g/mol. The molecule has 1 aromatic carbocycles. The zero-order valence-electron chi connectivity index (χ0n) is 12.8. The van der Waals surface area contributed by atoms with E-state index in [0.717, 1.165) is 45.8 Å². The number of carbonyl (C=O) groups is 1. The van der Waals surface area contributed by atoms with Crippen LogP contribution in [0.15, 0.2) is 24.3 Å². The summed E-state index contributed by atoms with van der Waals surface area (Å²) in [4.78, 5) is 16.9. The molecule has 0 saturated carbocycles.